The van der Waals surface area contributed by atoms with Crippen LogP contribution in [0.2, 0.25) is 0 Å². The van der Waals surface area contributed by atoms with Gasteiger partial charge in [-0.2, -0.15) is 0 Å². The highest BCUT2D eigenvalue weighted by atomic mass is 16.5. The van der Waals surface area contributed by atoms with E-state index in [1.807, 2.05) is 30.3 Å². The molecule has 2 unspecified atom stereocenters. The van der Waals surface area contributed by atoms with E-state index in [0.29, 0.717) is 6.61 Å². The molecule has 25 heavy (non-hydrogen) atoms. The Hall–Kier alpha value is -1.39. The molecule has 1 N–H and O–H groups in total. The lowest BCUT2D eigenvalue weighted by Gasteiger charge is -2.31. The van der Waals surface area contributed by atoms with Crippen molar-refractivity contribution in [1.29, 1.82) is 0 Å². The van der Waals surface area contributed by atoms with E-state index in [-0.39, 0.29) is 11.9 Å². The first-order valence-electron chi connectivity index (χ1n) is 9.79. The summed E-state index contributed by atoms with van der Waals surface area (Å²) in [7, 11) is 0. The summed E-state index contributed by atoms with van der Waals surface area (Å²) in [5, 5.41) is 10.9. The topological polar surface area (TPSA) is 49.8 Å². The van der Waals surface area contributed by atoms with Gasteiger partial charge < -0.3 is 14.7 Å². The van der Waals surface area contributed by atoms with Gasteiger partial charge in [-0.1, -0.05) is 63.4 Å². The van der Waals surface area contributed by atoms with Gasteiger partial charge in [-0.3, -0.25) is 4.79 Å². The molecular formula is C21H33NO3. The van der Waals surface area contributed by atoms with Crippen LogP contribution in [-0.2, 0) is 9.53 Å². The van der Waals surface area contributed by atoms with Gasteiger partial charge in [0.2, 0.25) is 0 Å². The Morgan fingerprint density at radius 3 is 2.40 bits per heavy atom. The van der Waals surface area contributed by atoms with E-state index in [1.165, 1.54) is 6.42 Å². The summed E-state index contributed by atoms with van der Waals surface area (Å²) in [5.41, 5.74) is 0.855. The fraction of sp³-hybridized carbons (Fsp3) is 0.667. The van der Waals surface area contributed by atoms with E-state index in [4.69, 9.17) is 4.74 Å². The summed E-state index contributed by atoms with van der Waals surface area (Å²) in [5.74, 6) is -0.688. The number of hydrogen-bond acceptors (Lipinski definition) is 4. The Bertz CT molecular complexity index is 495. The second-order valence-electron chi connectivity index (χ2n) is 6.97. The maximum Gasteiger partial charge on any atom is 0.316 e. The first kappa shape index (κ1) is 19.9. The maximum atomic E-state index is 12.8. The van der Waals surface area contributed by atoms with Gasteiger partial charge in [0.05, 0.1) is 6.10 Å². The number of carbonyl (C=O) groups excluding carboxylic acids is 1. The van der Waals surface area contributed by atoms with Gasteiger partial charge in [0.1, 0.15) is 12.5 Å². The number of hydrogen-bond donors (Lipinski definition) is 1. The third-order valence-electron chi connectivity index (χ3n) is 5.43. The Balaban J connectivity index is 2.04. The number of benzene rings is 1. The van der Waals surface area contributed by atoms with E-state index in [0.717, 1.165) is 50.9 Å². The van der Waals surface area contributed by atoms with E-state index < -0.39 is 12.0 Å². The van der Waals surface area contributed by atoms with E-state index >= 15 is 0 Å². The molecular weight excluding hydrogens is 314 g/mol. The average molecular weight is 347 g/mol. The van der Waals surface area contributed by atoms with Crippen LogP contribution < -0.4 is 0 Å². The minimum atomic E-state index is -0.663. The second kappa shape index (κ2) is 10.6. The fourth-order valence-corrected chi connectivity index (χ4v) is 3.79. The van der Waals surface area contributed by atoms with Gasteiger partial charge in [0, 0.05) is 6.54 Å². The van der Waals surface area contributed by atoms with Gasteiger partial charge in [-0.25, -0.2) is 0 Å². The van der Waals surface area contributed by atoms with E-state index in [1.54, 1.807) is 0 Å². The highest BCUT2D eigenvalue weighted by molar-refractivity contribution is 5.79. The number of carbonyl (C=O) groups is 1. The standard InChI is InChI=1S/C21H33NO3/c1-3-22(4-2)15-16-25-21(24)19(17-11-7-5-8-12-17)20(23)18-13-9-6-10-14-18/h5,7-8,11-12,18-20,23H,3-4,6,9-10,13-16H2,1-2H3. The maximum absolute atomic E-state index is 12.8. The molecule has 2 atom stereocenters. The number of esters is 1. The molecule has 1 aromatic rings. The molecule has 1 aliphatic carbocycles. The predicted octanol–water partition coefficient (Wildman–Crippen LogP) is 3.60. The van der Waals surface area contributed by atoms with Crippen molar-refractivity contribution in [3.63, 3.8) is 0 Å². The third kappa shape index (κ3) is 5.82. The van der Waals surface area contributed by atoms with Crippen molar-refractivity contribution >= 4 is 5.97 Å². The Morgan fingerprint density at radius 2 is 1.80 bits per heavy atom. The van der Waals surface area contributed by atoms with Crippen molar-refractivity contribution in [1.82, 2.24) is 4.90 Å². The first-order chi connectivity index (χ1) is 12.2. The summed E-state index contributed by atoms with van der Waals surface area (Å²) in [6.07, 6.45) is 4.84. The molecule has 0 amide bonds. The molecule has 0 radical (unpaired) electrons. The monoisotopic (exact) mass is 347 g/mol. The van der Waals surface area contributed by atoms with Crippen molar-refractivity contribution in [2.45, 2.75) is 58.0 Å². The van der Waals surface area contributed by atoms with E-state index in [2.05, 4.69) is 18.7 Å². The average Bonchev–Trinajstić information content (AvgIpc) is 2.67. The fourth-order valence-electron chi connectivity index (χ4n) is 3.79. The summed E-state index contributed by atoms with van der Waals surface area (Å²) in [4.78, 5) is 15.0. The minimum absolute atomic E-state index is 0.189. The molecule has 1 saturated carbocycles. The van der Waals surface area contributed by atoms with Crippen molar-refractivity contribution in [3.05, 3.63) is 35.9 Å². The molecule has 1 aliphatic rings. The van der Waals surface area contributed by atoms with Crippen LogP contribution >= 0.6 is 0 Å². The Kier molecular flexibility index (Phi) is 8.42. The van der Waals surface area contributed by atoms with Crippen LogP contribution in [-0.4, -0.2) is 48.3 Å². The van der Waals surface area contributed by atoms with Crippen LogP contribution in [0.25, 0.3) is 0 Å². The normalized spacial score (nSPS) is 18.1. The summed E-state index contributed by atoms with van der Waals surface area (Å²) in [6.45, 7) is 7.21. The molecule has 0 saturated heterocycles. The molecule has 0 bridgehead atoms. The van der Waals surface area contributed by atoms with Gasteiger partial charge in [-0.05, 0) is 37.4 Å². The van der Waals surface area contributed by atoms with Crippen molar-refractivity contribution in [3.8, 4) is 0 Å². The van der Waals surface area contributed by atoms with E-state index in [9.17, 15) is 9.90 Å². The van der Waals surface area contributed by atoms with Crippen molar-refractivity contribution in [2.75, 3.05) is 26.2 Å². The number of aliphatic hydroxyl groups excluding tert-OH is 1. The third-order valence-corrected chi connectivity index (χ3v) is 5.43. The molecule has 0 heterocycles. The van der Waals surface area contributed by atoms with Crippen molar-refractivity contribution < 1.29 is 14.6 Å². The molecule has 0 aromatic heterocycles. The number of rotatable bonds is 9. The smallest absolute Gasteiger partial charge is 0.316 e. The molecule has 1 aromatic carbocycles. The number of ether oxygens (including phenoxy) is 1. The largest absolute Gasteiger partial charge is 0.464 e. The predicted molar refractivity (Wildman–Crippen MR) is 101 cm³/mol. The molecule has 1 fully saturated rings. The van der Waals surface area contributed by atoms with Crippen LogP contribution in [0.15, 0.2) is 30.3 Å². The summed E-state index contributed by atoms with van der Waals surface area (Å²) in [6, 6.07) is 9.60. The zero-order valence-corrected chi connectivity index (χ0v) is 15.7. The van der Waals surface area contributed by atoms with Crippen LogP contribution in [0.4, 0.5) is 0 Å². The molecule has 0 spiro atoms. The highest BCUT2D eigenvalue weighted by Crippen LogP contribution is 2.34. The lowest BCUT2D eigenvalue weighted by atomic mass is 9.78. The summed E-state index contributed by atoms with van der Waals surface area (Å²) >= 11 is 0. The highest BCUT2D eigenvalue weighted by Gasteiger charge is 2.35. The molecule has 4 nitrogen and oxygen atoms in total. The Morgan fingerprint density at radius 1 is 1.16 bits per heavy atom. The zero-order chi connectivity index (χ0) is 18.1. The zero-order valence-electron chi connectivity index (χ0n) is 15.7. The second-order valence-corrected chi connectivity index (χ2v) is 6.97. The lowest BCUT2D eigenvalue weighted by molar-refractivity contribution is -0.150. The molecule has 2 rings (SSSR count). The van der Waals surface area contributed by atoms with Gasteiger partial charge in [-0.15, -0.1) is 0 Å². The minimum Gasteiger partial charge on any atom is -0.464 e. The van der Waals surface area contributed by atoms with Crippen molar-refractivity contribution in [2.24, 2.45) is 5.92 Å². The van der Waals surface area contributed by atoms with Gasteiger partial charge in [0.15, 0.2) is 0 Å². The number of aliphatic hydroxyl groups is 1. The van der Waals surface area contributed by atoms with Crippen LogP contribution in [0.3, 0.4) is 0 Å². The summed E-state index contributed by atoms with van der Waals surface area (Å²) < 4.78 is 5.56. The first-order valence-corrected chi connectivity index (χ1v) is 9.79. The van der Waals surface area contributed by atoms with Crippen LogP contribution in [0.1, 0.15) is 57.4 Å². The molecule has 0 aliphatic heterocycles. The lowest BCUT2D eigenvalue weighted by Crippen LogP contribution is -2.36. The van der Waals surface area contributed by atoms with Crippen LogP contribution in [0, 0.1) is 5.92 Å². The Labute approximate surface area is 152 Å². The van der Waals surface area contributed by atoms with Gasteiger partial charge in [0.25, 0.3) is 0 Å². The molecule has 140 valence electrons. The number of likely N-dealkylation sites (N-methyl/N-ethyl adjacent to an activating group) is 1. The molecule has 4 heteroatoms. The quantitative estimate of drug-likeness (QED) is 0.694. The van der Waals surface area contributed by atoms with Crippen LogP contribution in [0.5, 0.6) is 0 Å². The number of nitrogens with zero attached hydrogens (tertiary/aromatic N) is 1. The van der Waals surface area contributed by atoms with Gasteiger partial charge >= 0.3 is 5.97 Å². The SMILES string of the molecule is CCN(CC)CCOC(=O)C(c1ccccc1)C(O)C1CCCCC1.